The fraction of sp³-hybridized carbons (Fsp3) is 0.333. The summed E-state index contributed by atoms with van der Waals surface area (Å²) in [7, 11) is 0. The third-order valence-electron chi connectivity index (χ3n) is 1.73. The van der Waals surface area contributed by atoms with Gasteiger partial charge >= 0.3 is 6.18 Å². The van der Waals surface area contributed by atoms with Crippen LogP contribution in [0.4, 0.5) is 13.2 Å². The van der Waals surface area contributed by atoms with Gasteiger partial charge in [-0.25, -0.2) is 0 Å². The van der Waals surface area contributed by atoms with Gasteiger partial charge in [-0.2, -0.15) is 13.2 Å². The van der Waals surface area contributed by atoms with Crippen LogP contribution >= 0.6 is 11.6 Å². The minimum atomic E-state index is -4.25. The Balaban J connectivity index is 2.74. The van der Waals surface area contributed by atoms with E-state index < -0.39 is 18.6 Å². The van der Waals surface area contributed by atoms with E-state index in [1.54, 1.807) is 12.1 Å². The third kappa shape index (κ3) is 3.55. The molecule has 2 N–H and O–H groups in total. The van der Waals surface area contributed by atoms with Crippen LogP contribution in [0.3, 0.4) is 0 Å². The standard InChI is InChI=1S/C9H9ClF3N/c10-7-3-1-2-6(4-7)8(14)5-9(11,12)13/h1-4,8H,5,14H2. The van der Waals surface area contributed by atoms with Crippen molar-refractivity contribution in [1.82, 2.24) is 0 Å². The van der Waals surface area contributed by atoms with Crippen LogP contribution in [0.2, 0.25) is 5.02 Å². The number of alkyl halides is 3. The Morgan fingerprint density at radius 3 is 2.50 bits per heavy atom. The molecule has 1 aromatic carbocycles. The molecule has 5 heteroatoms. The Bertz CT molecular complexity index is 311. The van der Waals surface area contributed by atoms with E-state index in [-0.39, 0.29) is 0 Å². The van der Waals surface area contributed by atoms with Gasteiger partial charge in [0.15, 0.2) is 0 Å². The predicted octanol–water partition coefficient (Wildman–Crippen LogP) is 3.29. The van der Waals surface area contributed by atoms with Gasteiger partial charge in [0.1, 0.15) is 0 Å². The Morgan fingerprint density at radius 1 is 1.36 bits per heavy atom. The monoisotopic (exact) mass is 223 g/mol. The molecule has 0 saturated carbocycles. The molecule has 0 amide bonds. The lowest BCUT2D eigenvalue weighted by atomic mass is 10.0. The summed E-state index contributed by atoms with van der Waals surface area (Å²) in [6.45, 7) is 0. The molecule has 1 aromatic rings. The smallest absolute Gasteiger partial charge is 0.324 e. The summed E-state index contributed by atoms with van der Waals surface area (Å²) in [4.78, 5) is 0. The van der Waals surface area contributed by atoms with Gasteiger partial charge in [0.05, 0.1) is 6.42 Å². The molecule has 0 aliphatic rings. The van der Waals surface area contributed by atoms with E-state index in [0.29, 0.717) is 10.6 Å². The van der Waals surface area contributed by atoms with Crippen LogP contribution in [0.15, 0.2) is 24.3 Å². The first-order valence-electron chi connectivity index (χ1n) is 3.96. The summed E-state index contributed by atoms with van der Waals surface area (Å²) in [5.74, 6) is 0. The molecule has 0 fully saturated rings. The highest BCUT2D eigenvalue weighted by Gasteiger charge is 2.30. The Morgan fingerprint density at radius 2 is 2.00 bits per heavy atom. The molecule has 0 aliphatic heterocycles. The van der Waals surface area contributed by atoms with E-state index in [1.165, 1.54) is 12.1 Å². The number of nitrogens with two attached hydrogens (primary N) is 1. The van der Waals surface area contributed by atoms with Gasteiger partial charge in [-0.3, -0.25) is 0 Å². The summed E-state index contributed by atoms with van der Waals surface area (Å²) in [6.07, 6.45) is -5.28. The van der Waals surface area contributed by atoms with Gasteiger partial charge in [-0.15, -0.1) is 0 Å². The lowest BCUT2D eigenvalue weighted by molar-refractivity contribution is -0.138. The van der Waals surface area contributed by atoms with Crippen molar-refractivity contribution in [3.8, 4) is 0 Å². The SMILES string of the molecule is NC(CC(F)(F)F)c1cccc(Cl)c1. The van der Waals surface area contributed by atoms with Crippen molar-refractivity contribution in [3.05, 3.63) is 34.9 Å². The first kappa shape index (κ1) is 11.3. The van der Waals surface area contributed by atoms with E-state index >= 15 is 0 Å². The maximum Gasteiger partial charge on any atom is 0.390 e. The van der Waals surface area contributed by atoms with E-state index in [0.717, 1.165) is 0 Å². The molecule has 0 bridgehead atoms. The van der Waals surface area contributed by atoms with Crippen molar-refractivity contribution >= 4 is 11.6 Å². The van der Waals surface area contributed by atoms with Crippen LogP contribution in [0, 0.1) is 0 Å². The van der Waals surface area contributed by atoms with Crippen molar-refractivity contribution < 1.29 is 13.2 Å². The Hall–Kier alpha value is -0.740. The number of rotatable bonds is 2. The highest BCUT2D eigenvalue weighted by Crippen LogP contribution is 2.28. The van der Waals surface area contributed by atoms with E-state index in [1.807, 2.05) is 0 Å². The van der Waals surface area contributed by atoms with Crippen molar-refractivity contribution in [2.75, 3.05) is 0 Å². The first-order valence-corrected chi connectivity index (χ1v) is 4.34. The molecule has 14 heavy (non-hydrogen) atoms. The molecule has 1 rings (SSSR count). The molecule has 0 aliphatic carbocycles. The molecule has 0 aromatic heterocycles. The van der Waals surface area contributed by atoms with Gasteiger partial charge in [0.2, 0.25) is 0 Å². The van der Waals surface area contributed by atoms with Crippen LogP contribution in [0.1, 0.15) is 18.0 Å². The molecular weight excluding hydrogens is 215 g/mol. The lowest BCUT2D eigenvalue weighted by Gasteiger charge is -2.14. The first-order chi connectivity index (χ1) is 6.38. The average molecular weight is 224 g/mol. The van der Waals surface area contributed by atoms with Crippen LogP contribution in [0.5, 0.6) is 0 Å². The largest absolute Gasteiger partial charge is 0.390 e. The van der Waals surface area contributed by atoms with Crippen molar-refractivity contribution in [2.45, 2.75) is 18.6 Å². The zero-order valence-electron chi connectivity index (χ0n) is 7.18. The quantitative estimate of drug-likeness (QED) is 0.818. The molecule has 0 radical (unpaired) electrons. The summed E-state index contributed by atoms with van der Waals surface area (Å²) >= 11 is 5.62. The second kappa shape index (κ2) is 4.19. The van der Waals surface area contributed by atoms with E-state index in [2.05, 4.69) is 0 Å². The lowest BCUT2D eigenvalue weighted by Crippen LogP contribution is -2.20. The molecule has 1 nitrogen and oxygen atoms in total. The van der Waals surface area contributed by atoms with E-state index in [4.69, 9.17) is 17.3 Å². The second-order valence-electron chi connectivity index (χ2n) is 2.98. The van der Waals surface area contributed by atoms with Gasteiger partial charge in [-0.1, -0.05) is 23.7 Å². The number of halogens is 4. The molecule has 0 heterocycles. The zero-order chi connectivity index (χ0) is 10.8. The number of benzene rings is 1. The summed E-state index contributed by atoms with van der Waals surface area (Å²) in [5, 5.41) is 0.389. The summed E-state index contributed by atoms with van der Waals surface area (Å²) < 4.78 is 35.9. The van der Waals surface area contributed by atoms with Crippen molar-refractivity contribution in [1.29, 1.82) is 0 Å². The predicted molar refractivity (Wildman–Crippen MR) is 49.1 cm³/mol. The highest BCUT2D eigenvalue weighted by atomic mass is 35.5. The van der Waals surface area contributed by atoms with Gasteiger partial charge in [0, 0.05) is 11.1 Å². The van der Waals surface area contributed by atoms with Crippen LogP contribution in [-0.2, 0) is 0 Å². The van der Waals surface area contributed by atoms with Gasteiger partial charge in [0.25, 0.3) is 0 Å². The fourth-order valence-corrected chi connectivity index (χ4v) is 1.30. The van der Waals surface area contributed by atoms with Gasteiger partial charge in [-0.05, 0) is 17.7 Å². The maximum absolute atomic E-state index is 12.0. The van der Waals surface area contributed by atoms with Gasteiger partial charge < -0.3 is 5.73 Å². The topological polar surface area (TPSA) is 26.0 Å². The summed E-state index contributed by atoms with van der Waals surface area (Å²) in [6, 6.07) is 5.09. The van der Waals surface area contributed by atoms with Crippen LogP contribution in [-0.4, -0.2) is 6.18 Å². The third-order valence-corrected chi connectivity index (χ3v) is 1.96. The molecule has 0 spiro atoms. The summed E-state index contributed by atoms with van der Waals surface area (Å²) in [5.41, 5.74) is 5.77. The van der Waals surface area contributed by atoms with Crippen molar-refractivity contribution in [2.24, 2.45) is 5.73 Å². The minimum Gasteiger partial charge on any atom is -0.324 e. The maximum atomic E-state index is 12.0. The number of hydrogen-bond acceptors (Lipinski definition) is 1. The molecule has 0 saturated heterocycles. The normalized spacial score (nSPS) is 14.1. The molecular formula is C9H9ClF3N. The average Bonchev–Trinajstić information content (AvgIpc) is 2.01. The van der Waals surface area contributed by atoms with Crippen molar-refractivity contribution in [3.63, 3.8) is 0 Å². The molecule has 78 valence electrons. The van der Waals surface area contributed by atoms with Crippen LogP contribution in [0.25, 0.3) is 0 Å². The Labute approximate surface area is 84.7 Å². The fourth-order valence-electron chi connectivity index (χ4n) is 1.10. The number of hydrogen-bond donors (Lipinski definition) is 1. The minimum absolute atomic E-state index is 0.389. The second-order valence-corrected chi connectivity index (χ2v) is 3.42. The van der Waals surface area contributed by atoms with E-state index in [9.17, 15) is 13.2 Å². The zero-order valence-corrected chi connectivity index (χ0v) is 7.94. The molecule has 1 unspecified atom stereocenters. The van der Waals surface area contributed by atoms with Crippen LogP contribution < -0.4 is 5.73 Å². The molecule has 1 atom stereocenters. The highest BCUT2D eigenvalue weighted by molar-refractivity contribution is 6.30. The Kier molecular flexibility index (Phi) is 3.39.